The van der Waals surface area contributed by atoms with Gasteiger partial charge in [-0.3, -0.25) is 4.84 Å². The highest BCUT2D eigenvalue weighted by atomic mass is 16.7. The number of amides is 2. The van der Waals surface area contributed by atoms with Gasteiger partial charge in [-0.25, -0.2) is 10.3 Å². The van der Waals surface area contributed by atoms with Crippen molar-refractivity contribution >= 4 is 6.03 Å². The molecule has 0 spiro atoms. The molecule has 5 nitrogen and oxygen atoms in total. The lowest BCUT2D eigenvalue weighted by atomic mass is 10.3. The molecule has 0 aromatic carbocycles. The lowest BCUT2D eigenvalue weighted by molar-refractivity contribution is 0.0613. The summed E-state index contributed by atoms with van der Waals surface area (Å²) in [5.74, 6) is 0. The van der Waals surface area contributed by atoms with Gasteiger partial charge >= 0.3 is 6.03 Å². The average Bonchev–Trinajstić information content (AvgIpc) is 2.04. The highest BCUT2D eigenvalue weighted by Crippen LogP contribution is 1.92. The van der Waals surface area contributed by atoms with E-state index in [0.29, 0.717) is 6.61 Å². The van der Waals surface area contributed by atoms with Crippen LogP contribution < -0.4 is 5.48 Å². The zero-order valence-corrected chi connectivity index (χ0v) is 6.59. The van der Waals surface area contributed by atoms with Gasteiger partial charge in [0.05, 0.1) is 6.61 Å². The lowest BCUT2D eigenvalue weighted by Crippen LogP contribution is -2.20. The maximum atomic E-state index is 10.3. The molecule has 0 saturated heterocycles. The molecular formula is C6H13N3O2. The van der Waals surface area contributed by atoms with Crippen LogP contribution in [-0.4, -0.2) is 12.6 Å². The third-order valence-corrected chi connectivity index (χ3v) is 1.11. The smallest absolute Gasteiger partial charge is 0.272 e. The first-order valence-corrected chi connectivity index (χ1v) is 3.60. The number of carbonyl (C=O) groups is 1. The molecule has 0 saturated carbocycles. The first-order valence-electron chi connectivity index (χ1n) is 3.60. The highest BCUT2D eigenvalue weighted by molar-refractivity contribution is 5.72. The summed E-state index contributed by atoms with van der Waals surface area (Å²) >= 11 is 0. The maximum absolute atomic E-state index is 10.3. The number of nitrogens with zero attached hydrogens (tertiary/aromatic N) is 1. The Kier molecular flexibility index (Phi) is 6.51. The Morgan fingerprint density at radius 3 is 2.91 bits per heavy atom. The molecule has 0 aliphatic heterocycles. The number of hydroxylamine groups is 1. The van der Waals surface area contributed by atoms with Gasteiger partial charge in [0.2, 0.25) is 0 Å². The molecule has 64 valence electrons. The van der Waals surface area contributed by atoms with E-state index in [1.807, 2.05) is 5.48 Å². The van der Waals surface area contributed by atoms with E-state index in [1.165, 1.54) is 0 Å². The molecule has 2 N–H and O–H groups in total. The van der Waals surface area contributed by atoms with Crippen LogP contribution in [0, 0.1) is 5.53 Å². The second-order valence-corrected chi connectivity index (χ2v) is 2.07. The molecule has 5 heteroatoms. The number of urea groups is 1. The standard InChI is InChI=1S/C6H13N3O2/c1-2-3-4-5-11-9-6(10)8-7/h7H,2-5H2,1H3,(H,9,10). The number of hydrogen-bond acceptors (Lipinski definition) is 3. The predicted molar refractivity (Wildman–Crippen MR) is 39.2 cm³/mol. The fourth-order valence-corrected chi connectivity index (χ4v) is 0.560. The first kappa shape index (κ1) is 10.0. The lowest BCUT2D eigenvalue weighted by Gasteiger charge is -2.00. The Morgan fingerprint density at radius 1 is 1.64 bits per heavy atom. The van der Waals surface area contributed by atoms with Crippen molar-refractivity contribution in [1.29, 1.82) is 5.53 Å². The topological polar surface area (TPSA) is 74.5 Å². The van der Waals surface area contributed by atoms with E-state index in [9.17, 15) is 4.79 Å². The Bertz CT molecular complexity index is 127. The van der Waals surface area contributed by atoms with Gasteiger partial charge in [0.1, 0.15) is 0 Å². The average molecular weight is 159 g/mol. The zero-order chi connectivity index (χ0) is 8.53. The SMILES string of the molecule is CCCCCONC(=O)N=N. The van der Waals surface area contributed by atoms with E-state index in [2.05, 4.69) is 16.9 Å². The van der Waals surface area contributed by atoms with E-state index in [0.717, 1.165) is 19.3 Å². The monoisotopic (exact) mass is 159 g/mol. The summed E-state index contributed by atoms with van der Waals surface area (Å²) in [7, 11) is 0. The van der Waals surface area contributed by atoms with E-state index >= 15 is 0 Å². The van der Waals surface area contributed by atoms with Crippen molar-refractivity contribution in [2.75, 3.05) is 6.61 Å². The number of hydrogen-bond donors (Lipinski definition) is 2. The number of nitrogens with one attached hydrogen (secondary N) is 2. The number of rotatable bonds is 5. The molecule has 0 fully saturated rings. The Balaban J connectivity index is 3.01. The van der Waals surface area contributed by atoms with Gasteiger partial charge in [-0.15, -0.1) is 0 Å². The third-order valence-electron chi connectivity index (χ3n) is 1.11. The molecule has 0 rings (SSSR count). The van der Waals surface area contributed by atoms with Gasteiger partial charge < -0.3 is 0 Å². The minimum atomic E-state index is -0.763. The molecule has 0 unspecified atom stereocenters. The Labute approximate surface area is 65.6 Å². The molecule has 0 atom stereocenters. The predicted octanol–water partition coefficient (Wildman–Crippen LogP) is 1.85. The summed E-state index contributed by atoms with van der Waals surface area (Å²) in [5, 5.41) is 2.58. The van der Waals surface area contributed by atoms with E-state index in [-0.39, 0.29) is 0 Å². The molecule has 0 aliphatic carbocycles. The van der Waals surface area contributed by atoms with Crippen molar-refractivity contribution in [3.05, 3.63) is 0 Å². The summed E-state index contributed by atoms with van der Waals surface area (Å²) in [6, 6.07) is -0.763. The minimum Gasteiger partial charge on any atom is -0.272 e. The molecule has 0 aliphatic rings. The second-order valence-electron chi connectivity index (χ2n) is 2.07. The highest BCUT2D eigenvalue weighted by Gasteiger charge is 1.93. The van der Waals surface area contributed by atoms with Gasteiger partial charge in [-0.05, 0) is 6.42 Å². The Hall–Kier alpha value is -0.970. The first-order chi connectivity index (χ1) is 5.31. The number of carbonyl (C=O) groups excluding carboxylic acids is 1. The van der Waals surface area contributed by atoms with Crippen LogP contribution in [-0.2, 0) is 4.84 Å². The normalized spacial score (nSPS) is 9.18. The van der Waals surface area contributed by atoms with Crippen LogP contribution in [0.15, 0.2) is 5.11 Å². The fraction of sp³-hybridized carbons (Fsp3) is 0.833. The molecule has 0 bridgehead atoms. The van der Waals surface area contributed by atoms with Crippen molar-refractivity contribution in [3.8, 4) is 0 Å². The Morgan fingerprint density at radius 2 is 2.36 bits per heavy atom. The van der Waals surface area contributed by atoms with E-state index < -0.39 is 6.03 Å². The van der Waals surface area contributed by atoms with Gasteiger partial charge in [-0.2, -0.15) is 5.53 Å². The molecule has 0 aromatic heterocycles. The maximum Gasteiger partial charge on any atom is 0.382 e. The molecule has 0 heterocycles. The van der Waals surface area contributed by atoms with Crippen molar-refractivity contribution < 1.29 is 9.63 Å². The fourth-order valence-electron chi connectivity index (χ4n) is 0.560. The third kappa shape index (κ3) is 6.92. The zero-order valence-electron chi connectivity index (χ0n) is 6.59. The molecular weight excluding hydrogens is 146 g/mol. The quantitative estimate of drug-likeness (QED) is 0.365. The molecule has 2 amide bonds. The van der Waals surface area contributed by atoms with Crippen LogP contribution in [0.2, 0.25) is 0 Å². The van der Waals surface area contributed by atoms with Gasteiger partial charge in [-0.1, -0.05) is 24.9 Å². The molecule has 0 aromatic rings. The van der Waals surface area contributed by atoms with Gasteiger partial charge in [0, 0.05) is 0 Å². The summed E-state index contributed by atoms with van der Waals surface area (Å²) in [5.41, 5.74) is 8.26. The van der Waals surface area contributed by atoms with Crippen LogP contribution in [0.1, 0.15) is 26.2 Å². The minimum absolute atomic E-state index is 0.481. The van der Waals surface area contributed by atoms with E-state index in [4.69, 9.17) is 5.53 Å². The van der Waals surface area contributed by atoms with Gasteiger partial charge in [0.15, 0.2) is 0 Å². The van der Waals surface area contributed by atoms with Crippen LogP contribution in [0.3, 0.4) is 0 Å². The van der Waals surface area contributed by atoms with Crippen molar-refractivity contribution in [2.24, 2.45) is 5.11 Å². The van der Waals surface area contributed by atoms with Gasteiger partial charge in [0.25, 0.3) is 0 Å². The molecule has 0 radical (unpaired) electrons. The summed E-state index contributed by atoms with van der Waals surface area (Å²) in [6.45, 7) is 2.56. The summed E-state index contributed by atoms with van der Waals surface area (Å²) in [4.78, 5) is 14.9. The number of unbranched alkanes of at least 4 members (excludes halogenated alkanes) is 2. The van der Waals surface area contributed by atoms with Crippen molar-refractivity contribution in [1.82, 2.24) is 5.48 Å². The van der Waals surface area contributed by atoms with E-state index in [1.54, 1.807) is 0 Å². The van der Waals surface area contributed by atoms with Crippen LogP contribution in [0.5, 0.6) is 0 Å². The largest absolute Gasteiger partial charge is 0.382 e. The van der Waals surface area contributed by atoms with Crippen molar-refractivity contribution in [2.45, 2.75) is 26.2 Å². The summed E-state index contributed by atoms with van der Waals surface area (Å²) in [6.07, 6.45) is 3.10. The second kappa shape index (κ2) is 7.14. The molecule has 11 heavy (non-hydrogen) atoms. The van der Waals surface area contributed by atoms with Crippen LogP contribution >= 0.6 is 0 Å². The summed E-state index contributed by atoms with van der Waals surface area (Å²) < 4.78 is 0. The van der Waals surface area contributed by atoms with Crippen LogP contribution in [0.4, 0.5) is 4.79 Å². The van der Waals surface area contributed by atoms with Crippen molar-refractivity contribution in [3.63, 3.8) is 0 Å². The van der Waals surface area contributed by atoms with Crippen LogP contribution in [0.25, 0.3) is 0 Å².